The first kappa shape index (κ1) is 30.9. The highest BCUT2D eigenvalue weighted by Gasteiger charge is 2.26. The lowest BCUT2D eigenvalue weighted by molar-refractivity contribution is 0.0284. The number of aromatic nitrogens is 1. The van der Waals surface area contributed by atoms with E-state index in [1.54, 1.807) is 71.8 Å². The van der Waals surface area contributed by atoms with Gasteiger partial charge in [-0.25, -0.2) is 14.4 Å². The van der Waals surface area contributed by atoms with E-state index in [0.29, 0.717) is 21.8 Å². The van der Waals surface area contributed by atoms with Crippen molar-refractivity contribution in [2.75, 3.05) is 25.2 Å². The summed E-state index contributed by atoms with van der Waals surface area (Å²) in [5.74, 6) is -0.560. The molecule has 38 heavy (non-hydrogen) atoms. The number of hydrogen-bond acceptors (Lipinski definition) is 7. The van der Waals surface area contributed by atoms with E-state index in [0.717, 1.165) is 5.56 Å². The number of H-pyrrole nitrogens is 1. The Hall–Kier alpha value is -3.31. The molecule has 2 rings (SSSR count). The van der Waals surface area contributed by atoms with Crippen LogP contribution in [0.2, 0.25) is 5.02 Å². The van der Waals surface area contributed by atoms with Crippen LogP contribution in [0.4, 0.5) is 15.3 Å². The molecule has 12 heteroatoms. The van der Waals surface area contributed by atoms with Crippen molar-refractivity contribution in [2.45, 2.75) is 60.2 Å². The third kappa shape index (κ3) is 8.63. The lowest BCUT2D eigenvalue weighted by Crippen LogP contribution is -2.43. The number of carbonyl (C=O) groups is 3. The summed E-state index contributed by atoms with van der Waals surface area (Å²) in [6, 6.07) is 5.34. The van der Waals surface area contributed by atoms with E-state index in [-0.39, 0.29) is 37.1 Å². The van der Waals surface area contributed by atoms with E-state index < -0.39 is 23.8 Å². The smallest absolute Gasteiger partial charge is 0.413 e. The van der Waals surface area contributed by atoms with Crippen LogP contribution in [0.15, 0.2) is 24.4 Å². The molecule has 0 aliphatic rings. The molecule has 0 radical (unpaired) electrons. The third-order valence-electron chi connectivity index (χ3n) is 5.09. The number of aromatic amines is 1. The molecule has 1 heterocycles. The normalized spacial score (nSPS) is 10.9. The maximum atomic E-state index is 12.7. The Morgan fingerprint density at radius 1 is 1.11 bits per heavy atom. The summed E-state index contributed by atoms with van der Waals surface area (Å²) in [7, 11) is 1.62. The van der Waals surface area contributed by atoms with Crippen molar-refractivity contribution in [3.8, 4) is 0 Å². The molecule has 2 amide bonds. The molecule has 2 aromatic rings. The first-order chi connectivity index (χ1) is 17.8. The van der Waals surface area contributed by atoms with E-state index in [9.17, 15) is 14.4 Å². The highest BCUT2D eigenvalue weighted by Crippen LogP contribution is 2.29. The number of esters is 1. The second-order valence-electron chi connectivity index (χ2n) is 9.41. The van der Waals surface area contributed by atoms with Gasteiger partial charge in [-0.05, 0) is 76.5 Å². The van der Waals surface area contributed by atoms with Gasteiger partial charge in [0.25, 0.3) is 0 Å². The van der Waals surface area contributed by atoms with Gasteiger partial charge in [-0.15, -0.1) is 0 Å². The minimum absolute atomic E-state index is 0.0269. The topological polar surface area (TPSA) is 113 Å². The molecule has 208 valence electrons. The van der Waals surface area contributed by atoms with Crippen molar-refractivity contribution < 1.29 is 28.6 Å². The average Bonchev–Trinajstić information content (AvgIpc) is 3.19. The number of halogens is 1. The van der Waals surface area contributed by atoms with Crippen LogP contribution in [-0.4, -0.2) is 59.0 Å². The summed E-state index contributed by atoms with van der Waals surface area (Å²) in [5, 5.41) is 3.04. The number of anilines is 1. The lowest BCUT2D eigenvalue weighted by atomic mass is 10.1. The third-order valence-corrected chi connectivity index (χ3v) is 5.78. The van der Waals surface area contributed by atoms with Crippen molar-refractivity contribution in [3.05, 3.63) is 51.8 Å². The fourth-order valence-corrected chi connectivity index (χ4v) is 3.90. The van der Waals surface area contributed by atoms with Crippen molar-refractivity contribution in [1.29, 1.82) is 0 Å². The summed E-state index contributed by atoms with van der Waals surface area (Å²) in [6.45, 7) is 11.3. The SMILES string of the molecule is CCOC(=O)NC(=S)N(Cc1ccc(Cl)c(CN(C)C(=O)OC(C)(C)C)c1)c1c(C)c[nH]c1C(=O)OCC. The number of nitrogens with zero attached hydrogens (tertiary/aromatic N) is 2. The predicted molar refractivity (Wildman–Crippen MR) is 150 cm³/mol. The minimum Gasteiger partial charge on any atom is -0.461 e. The molecular weight excluding hydrogens is 532 g/mol. The van der Waals surface area contributed by atoms with Crippen molar-refractivity contribution in [1.82, 2.24) is 15.2 Å². The molecule has 10 nitrogen and oxygen atoms in total. The number of ether oxygens (including phenoxy) is 3. The van der Waals surface area contributed by atoms with Crippen LogP contribution in [0, 0.1) is 6.92 Å². The Balaban J connectivity index is 2.43. The Bertz CT molecular complexity index is 1180. The van der Waals surface area contributed by atoms with Gasteiger partial charge in [-0.1, -0.05) is 23.7 Å². The van der Waals surface area contributed by atoms with Crippen LogP contribution in [0.1, 0.15) is 61.8 Å². The zero-order chi connectivity index (χ0) is 28.6. The average molecular weight is 567 g/mol. The van der Waals surface area contributed by atoms with Gasteiger partial charge in [0.05, 0.1) is 32.0 Å². The summed E-state index contributed by atoms with van der Waals surface area (Å²) >= 11 is 12.0. The van der Waals surface area contributed by atoms with Gasteiger partial charge in [0.15, 0.2) is 5.11 Å². The maximum Gasteiger partial charge on any atom is 0.413 e. The molecule has 1 aromatic carbocycles. The lowest BCUT2D eigenvalue weighted by Gasteiger charge is -2.27. The number of carbonyl (C=O) groups excluding carboxylic acids is 3. The van der Waals surface area contributed by atoms with Crippen LogP contribution in [-0.2, 0) is 27.3 Å². The molecule has 0 bridgehead atoms. The van der Waals surface area contributed by atoms with E-state index in [4.69, 9.17) is 38.0 Å². The Kier molecular flexibility index (Phi) is 11.0. The zero-order valence-electron chi connectivity index (χ0n) is 22.8. The maximum absolute atomic E-state index is 12.7. The Morgan fingerprint density at radius 2 is 1.76 bits per heavy atom. The van der Waals surface area contributed by atoms with Crippen LogP contribution < -0.4 is 10.2 Å². The first-order valence-electron chi connectivity index (χ1n) is 12.1. The highest BCUT2D eigenvalue weighted by atomic mass is 35.5. The van der Waals surface area contributed by atoms with Crippen LogP contribution in [0.3, 0.4) is 0 Å². The standard InChI is InChI=1S/C26H35ClN4O6S/c1-8-35-22(32)20-21(16(3)13-28-20)31(23(38)29-24(33)36-9-2)14-17-10-11-19(27)18(12-17)15-30(7)25(34)37-26(4,5)6/h10-13,28H,8-9,14-15H2,1-7H3,(H,29,33,38). The van der Waals surface area contributed by atoms with E-state index in [1.807, 2.05) is 6.07 Å². The zero-order valence-corrected chi connectivity index (χ0v) is 24.3. The number of aryl methyl sites for hydroxylation is 1. The number of benzene rings is 1. The second kappa shape index (κ2) is 13.5. The largest absolute Gasteiger partial charge is 0.461 e. The monoisotopic (exact) mass is 566 g/mol. The number of amides is 2. The summed E-state index contributed by atoms with van der Waals surface area (Å²) in [5.41, 5.74) is 2.15. The molecular formula is C26H35ClN4O6S. The van der Waals surface area contributed by atoms with Crippen molar-refractivity contribution in [3.63, 3.8) is 0 Å². The molecule has 2 N–H and O–H groups in total. The van der Waals surface area contributed by atoms with Gasteiger partial charge in [0.2, 0.25) is 0 Å². The first-order valence-corrected chi connectivity index (χ1v) is 12.9. The summed E-state index contributed by atoms with van der Waals surface area (Å²) in [6.07, 6.45) is 0.455. The quantitative estimate of drug-likeness (QED) is 0.243. The van der Waals surface area contributed by atoms with Gasteiger partial charge in [0, 0.05) is 18.3 Å². The summed E-state index contributed by atoms with van der Waals surface area (Å²) < 4.78 is 15.6. The molecule has 0 aliphatic heterocycles. The second-order valence-corrected chi connectivity index (χ2v) is 10.2. The molecule has 0 spiro atoms. The predicted octanol–water partition coefficient (Wildman–Crippen LogP) is 5.56. The number of thiocarbonyl (C=S) groups is 1. The Labute approximate surface area is 233 Å². The molecule has 0 unspecified atom stereocenters. The molecule has 0 saturated heterocycles. The van der Waals surface area contributed by atoms with Gasteiger partial charge in [-0.2, -0.15) is 0 Å². The van der Waals surface area contributed by atoms with Crippen molar-refractivity contribution in [2.24, 2.45) is 0 Å². The number of nitrogens with one attached hydrogen (secondary N) is 2. The van der Waals surface area contributed by atoms with Crippen molar-refractivity contribution >= 4 is 52.8 Å². The van der Waals surface area contributed by atoms with Crippen LogP contribution >= 0.6 is 23.8 Å². The van der Waals surface area contributed by atoms with Gasteiger partial charge in [-0.3, -0.25) is 5.32 Å². The fraction of sp³-hybridized carbons (Fsp3) is 0.462. The molecule has 0 aliphatic carbocycles. The Morgan fingerprint density at radius 3 is 2.37 bits per heavy atom. The highest BCUT2D eigenvalue weighted by molar-refractivity contribution is 7.80. The fourth-order valence-electron chi connectivity index (χ4n) is 3.49. The van der Waals surface area contributed by atoms with E-state index in [1.165, 1.54) is 4.90 Å². The van der Waals surface area contributed by atoms with E-state index >= 15 is 0 Å². The van der Waals surface area contributed by atoms with Gasteiger partial charge in [0.1, 0.15) is 11.3 Å². The summed E-state index contributed by atoms with van der Waals surface area (Å²) in [4.78, 5) is 43.3. The van der Waals surface area contributed by atoms with Crippen LogP contribution in [0.25, 0.3) is 0 Å². The van der Waals surface area contributed by atoms with Gasteiger partial charge >= 0.3 is 18.2 Å². The molecule has 0 saturated carbocycles. The molecule has 1 aromatic heterocycles. The molecule has 0 atom stereocenters. The number of alkyl carbamates (subject to hydrolysis) is 1. The van der Waals surface area contributed by atoms with Crippen LogP contribution in [0.5, 0.6) is 0 Å². The van der Waals surface area contributed by atoms with E-state index in [2.05, 4.69) is 10.3 Å². The number of rotatable bonds is 8. The number of hydrogen-bond donors (Lipinski definition) is 2. The van der Waals surface area contributed by atoms with Gasteiger partial charge < -0.3 is 29.0 Å². The molecule has 0 fully saturated rings. The minimum atomic E-state index is -0.718.